The summed E-state index contributed by atoms with van der Waals surface area (Å²) in [4.78, 5) is 0. The Labute approximate surface area is 114 Å². The molecule has 1 N–H and O–H groups in total. The topological polar surface area (TPSA) is 21.3 Å². The highest BCUT2D eigenvalue weighted by Crippen LogP contribution is 2.14. The van der Waals surface area contributed by atoms with E-state index >= 15 is 0 Å². The van der Waals surface area contributed by atoms with Crippen LogP contribution in [-0.2, 0) is 11.2 Å². The van der Waals surface area contributed by atoms with Crippen LogP contribution in [0.2, 0.25) is 0 Å². The number of benzene rings is 1. The molecule has 0 radical (unpaired) electrons. The summed E-state index contributed by atoms with van der Waals surface area (Å²) in [6, 6.07) is 3.78. The number of hydrogen-bond donors (Lipinski definition) is 1. The van der Waals surface area contributed by atoms with Gasteiger partial charge in [0.25, 0.3) is 0 Å². The Hall–Kier alpha value is -1.00. The molecule has 2 nitrogen and oxygen atoms in total. The largest absolute Gasteiger partial charge is 0.385 e. The zero-order chi connectivity index (χ0) is 14.1. The van der Waals surface area contributed by atoms with Gasteiger partial charge in [0.1, 0.15) is 11.6 Å². The van der Waals surface area contributed by atoms with E-state index in [4.69, 9.17) is 4.74 Å². The Morgan fingerprint density at radius 1 is 1.32 bits per heavy atom. The lowest BCUT2D eigenvalue weighted by molar-refractivity contribution is 0.188. The first-order valence-corrected chi connectivity index (χ1v) is 6.83. The average Bonchev–Trinajstić information content (AvgIpc) is 2.40. The molecule has 4 heteroatoms. The molecule has 0 bridgehead atoms. The lowest BCUT2D eigenvalue weighted by Crippen LogP contribution is -2.32. The first kappa shape index (κ1) is 16.1. The lowest BCUT2D eigenvalue weighted by Gasteiger charge is -2.19. The molecule has 1 atom stereocenters. The molecule has 0 amide bonds. The van der Waals surface area contributed by atoms with Crippen molar-refractivity contribution >= 4 is 0 Å². The van der Waals surface area contributed by atoms with E-state index < -0.39 is 0 Å². The molecule has 0 saturated heterocycles. The number of nitrogens with one attached hydrogen (secondary N) is 1. The molecule has 0 aromatic heterocycles. The molecule has 0 fully saturated rings. The van der Waals surface area contributed by atoms with Crippen LogP contribution in [0.15, 0.2) is 18.2 Å². The molecule has 0 aliphatic rings. The molecule has 0 spiro atoms. The quantitative estimate of drug-likeness (QED) is 0.696. The molecule has 0 aliphatic carbocycles. The van der Waals surface area contributed by atoms with Crippen LogP contribution in [0.5, 0.6) is 0 Å². The molecule has 108 valence electrons. The fourth-order valence-electron chi connectivity index (χ4n) is 2.06. The standard InChI is InChI=1S/C15H23F2NO/c1-3-8-18-14(5-4-9-19-2)11-12-10-13(16)6-7-15(12)17/h6-7,10,14,18H,3-5,8-9,11H2,1-2H3. The van der Waals surface area contributed by atoms with Gasteiger partial charge < -0.3 is 10.1 Å². The molecular formula is C15H23F2NO. The van der Waals surface area contributed by atoms with E-state index in [2.05, 4.69) is 12.2 Å². The zero-order valence-corrected chi connectivity index (χ0v) is 11.7. The SMILES string of the molecule is CCCNC(CCCOC)Cc1cc(F)ccc1F. The third kappa shape index (κ3) is 6.12. The van der Waals surface area contributed by atoms with Crippen molar-refractivity contribution in [3.05, 3.63) is 35.4 Å². The second-order valence-corrected chi connectivity index (χ2v) is 4.73. The second-order valence-electron chi connectivity index (χ2n) is 4.73. The molecule has 1 unspecified atom stereocenters. The summed E-state index contributed by atoms with van der Waals surface area (Å²) in [7, 11) is 1.67. The van der Waals surface area contributed by atoms with Crippen LogP contribution in [-0.4, -0.2) is 26.3 Å². The van der Waals surface area contributed by atoms with Crippen LogP contribution in [0.1, 0.15) is 31.7 Å². The van der Waals surface area contributed by atoms with Crippen LogP contribution < -0.4 is 5.32 Å². The number of rotatable bonds is 9. The van der Waals surface area contributed by atoms with Crippen LogP contribution in [0, 0.1) is 11.6 Å². The van der Waals surface area contributed by atoms with Crippen molar-refractivity contribution in [3.63, 3.8) is 0 Å². The minimum absolute atomic E-state index is 0.159. The van der Waals surface area contributed by atoms with Gasteiger partial charge in [0, 0.05) is 19.8 Å². The molecule has 1 aromatic carbocycles. The van der Waals surface area contributed by atoms with Gasteiger partial charge >= 0.3 is 0 Å². The van der Waals surface area contributed by atoms with Gasteiger partial charge in [-0.1, -0.05) is 6.92 Å². The van der Waals surface area contributed by atoms with E-state index in [1.807, 2.05) is 0 Å². The normalized spacial score (nSPS) is 12.6. The summed E-state index contributed by atoms with van der Waals surface area (Å²) in [5.74, 6) is -0.723. The predicted molar refractivity (Wildman–Crippen MR) is 73.3 cm³/mol. The van der Waals surface area contributed by atoms with Crippen molar-refractivity contribution in [1.82, 2.24) is 5.32 Å². The van der Waals surface area contributed by atoms with Crippen molar-refractivity contribution < 1.29 is 13.5 Å². The molecule has 0 heterocycles. The van der Waals surface area contributed by atoms with Gasteiger partial charge in [-0.2, -0.15) is 0 Å². The Morgan fingerprint density at radius 3 is 2.79 bits per heavy atom. The van der Waals surface area contributed by atoms with Gasteiger partial charge in [0.15, 0.2) is 0 Å². The monoisotopic (exact) mass is 271 g/mol. The Bertz CT molecular complexity index is 371. The first-order chi connectivity index (χ1) is 9.17. The minimum atomic E-state index is -0.387. The molecular weight excluding hydrogens is 248 g/mol. The summed E-state index contributed by atoms with van der Waals surface area (Å²) in [5, 5.41) is 3.38. The smallest absolute Gasteiger partial charge is 0.126 e. The number of ether oxygens (including phenoxy) is 1. The summed E-state index contributed by atoms with van der Waals surface area (Å²) in [6.07, 6.45) is 3.33. The highest BCUT2D eigenvalue weighted by molar-refractivity contribution is 5.19. The van der Waals surface area contributed by atoms with Gasteiger partial charge in [-0.3, -0.25) is 0 Å². The van der Waals surface area contributed by atoms with Gasteiger partial charge in [-0.05, 0) is 56.0 Å². The maximum Gasteiger partial charge on any atom is 0.126 e. The molecule has 1 aromatic rings. The van der Waals surface area contributed by atoms with Crippen molar-refractivity contribution in [3.8, 4) is 0 Å². The third-order valence-electron chi connectivity index (χ3n) is 3.06. The van der Waals surface area contributed by atoms with Crippen LogP contribution >= 0.6 is 0 Å². The fraction of sp³-hybridized carbons (Fsp3) is 0.600. The van der Waals surface area contributed by atoms with Crippen LogP contribution in [0.4, 0.5) is 8.78 Å². The highest BCUT2D eigenvalue weighted by Gasteiger charge is 2.12. The number of halogens is 2. The maximum absolute atomic E-state index is 13.6. The van der Waals surface area contributed by atoms with Crippen molar-refractivity contribution in [1.29, 1.82) is 0 Å². The van der Waals surface area contributed by atoms with E-state index in [-0.39, 0.29) is 17.7 Å². The first-order valence-electron chi connectivity index (χ1n) is 6.83. The summed E-state index contributed by atoms with van der Waals surface area (Å²) < 4.78 is 31.8. The number of methoxy groups -OCH3 is 1. The minimum Gasteiger partial charge on any atom is -0.385 e. The van der Waals surface area contributed by atoms with Gasteiger partial charge in [-0.15, -0.1) is 0 Å². The highest BCUT2D eigenvalue weighted by atomic mass is 19.1. The van der Waals surface area contributed by atoms with Crippen molar-refractivity contribution in [2.45, 2.75) is 38.6 Å². The lowest BCUT2D eigenvalue weighted by atomic mass is 10.0. The van der Waals surface area contributed by atoms with E-state index in [0.717, 1.165) is 31.9 Å². The van der Waals surface area contributed by atoms with E-state index in [9.17, 15) is 8.78 Å². The average molecular weight is 271 g/mol. The summed E-state index contributed by atoms with van der Waals surface area (Å²) in [5.41, 5.74) is 0.436. The van der Waals surface area contributed by atoms with Crippen molar-refractivity contribution in [2.75, 3.05) is 20.3 Å². The predicted octanol–water partition coefficient (Wildman–Crippen LogP) is 3.30. The van der Waals surface area contributed by atoms with Crippen LogP contribution in [0.3, 0.4) is 0 Å². The number of hydrogen-bond acceptors (Lipinski definition) is 2. The molecule has 1 rings (SSSR count). The zero-order valence-electron chi connectivity index (χ0n) is 11.7. The van der Waals surface area contributed by atoms with Gasteiger partial charge in [-0.25, -0.2) is 8.78 Å². The van der Waals surface area contributed by atoms with Gasteiger partial charge in [0.05, 0.1) is 0 Å². The van der Waals surface area contributed by atoms with E-state index in [1.54, 1.807) is 7.11 Å². The Kier molecular flexibility index (Phi) is 7.60. The van der Waals surface area contributed by atoms with E-state index in [1.165, 1.54) is 12.1 Å². The van der Waals surface area contributed by atoms with Gasteiger partial charge in [0.2, 0.25) is 0 Å². The fourth-order valence-corrected chi connectivity index (χ4v) is 2.06. The van der Waals surface area contributed by atoms with E-state index in [0.29, 0.717) is 18.6 Å². The third-order valence-corrected chi connectivity index (χ3v) is 3.06. The second kappa shape index (κ2) is 8.99. The van der Waals surface area contributed by atoms with Crippen molar-refractivity contribution in [2.24, 2.45) is 0 Å². The maximum atomic E-state index is 13.6. The van der Waals surface area contributed by atoms with Crippen LogP contribution in [0.25, 0.3) is 0 Å². The summed E-state index contributed by atoms with van der Waals surface area (Å²) >= 11 is 0. The Balaban J connectivity index is 2.61. The molecule has 19 heavy (non-hydrogen) atoms. The molecule has 0 aliphatic heterocycles. The molecule has 0 saturated carbocycles. The summed E-state index contributed by atoms with van der Waals surface area (Å²) in [6.45, 7) is 3.66. The Morgan fingerprint density at radius 2 is 2.11 bits per heavy atom.